The zero-order valence-corrected chi connectivity index (χ0v) is 18.6. The Kier molecular flexibility index (Phi) is 5.13. The molecular weight excluding hydrogens is 432 g/mol. The molecule has 10 heteroatoms. The van der Waals surface area contributed by atoms with Gasteiger partial charge in [-0.05, 0) is 34.1 Å². The van der Waals surface area contributed by atoms with Crippen LogP contribution in [0.25, 0.3) is 11.0 Å². The summed E-state index contributed by atoms with van der Waals surface area (Å²) in [6.07, 6.45) is 1.54. The van der Waals surface area contributed by atoms with Crippen molar-refractivity contribution in [3.8, 4) is 0 Å². The van der Waals surface area contributed by atoms with E-state index in [1.54, 1.807) is 10.8 Å². The fourth-order valence-corrected chi connectivity index (χ4v) is 4.91. The van der Waals surface area contributed by atoms with Gasteiger partial charge in [0, 0.05) is 17.1 Å². The Morgan fingerprint density at radius 3 is 2.70 bits per heavy atom. The maximum atomic E-state index is 11.8. The van der Waals surface area contributed by atoms with Gasteiger partial charge in [0.25, 0.3) is 0 Å². The number of fused-ring (bicyclic) bond motifs is 1. The van der Waals surface area contributed by atoms with Crippen LogP contribution < -0.4 is 5.73 Å². The van der Waals surface area contributed by atoms with Gasteiger partial charge < -0.3 is 24.6 Å². The van der Waals surface area contributed by atoms with Gasteiger partial charge in [-0.25, -0.2) is 14.8 Å². The van der Waals surface area contributed by atoms with E-state index in [-0.39, 0.29) is 5.04 Å². The first-order chi connectivity index (χ1) is 12.4. The number of nitrogens with two attached hydrogens (primary N) is 1. The number of rotatable bonds is 4. The summed E-state index contributed by atoms with van der Waals surface area (Å²) in [5.41, 5.74) is 6.55. The minimum absolute atomic E-state index is 0.0288. The van der Waals surface area contributed by atoms with Gasteiger partial charge >= 0.3 is 5.97 Å². The molecule has 2 aromatic rings. The quantitative estimate of drug-likeness (QED) is 0.676. The average Bonchev–Trinajstić information content (AvgIpc) is 3.08. The standard InChI is InChI=1S/C17H25BrN4O4Si/c1-17(2,3)27(4,5)26-10-6-11(25-13(10)16(23)24)22-7-9(18)12-14(19)20-8-21-15(12)22/h7-8,10-11,13H,6H2,1-5H3,(H,23,24)(H2,19,20,21)/t10-,11+,13-/m0/s1. The number of carboxylic acids is 1. The number of carbonyl (C=O) groups is 1. The van der Waals surface area contributed by atoms with Crippen LogP contribution >= 0.6 is 15.9 Å². The van der Waals surface area contributed by atoms with Crippen molar-refractivity contribution in [1.82, 2.24) is 14.5 Å². The molecule has 3 rings (SSSR count). The zero-order chi connectivity index (χ0) is 20.1. The minimum Gasteiger partial charge on any atom is -0.479 e. The van der Waals surface area contributed by atoms with Crippen LogP contribution in [0.15, 0.2) is 17.0 Å². The molecule has 3 heterocycles. The molecule has 0 aromatic carbocycles. The van der Waals surface area contributed by atoms with Crippen molar-refractivity contribution in [2.75, 3.05) is 5.73 Å². The average molecular weight is 457 g/mol. The summed E-state index contributed by atoms with van der Waals surface area (Å²) in [5, 5.41) is 10.3. The van der Waals surface area contributed by atoms with Gasteiger partial charge in [-0.15, -0.1) is 0 Å². The summed E-state index contributed by atoms with van der Waals surface area (Å²) >= 11 is 3.47. The second-order valence-electron chi connectivity index (χ2n) is 8.34. The molecule has 3 atom stereocenters. The summed E-state index contributed by atoms with van der Waals surface area (Å²) in [5.74, 6) is -0.668. The molecule has 0 aliphatic carbocycles. The van der Waals surface area contributed by atoms with Gasteiger partial charge in [0.15, 0.2) is 14.4 Å². The number of anilines is 1. The molecule has 0 radical (unpaired) electrons. The van der Waals surface area contributed by atoms with E-state index in [0.29, 0.717) is 23.3 Å². The highest BCUT2D eigenvalue weighted by molar-refractivity contribution is 9.10. The maximum absolute atomic E-state index is 11.8. The van der Waals surface area contributed by atoms with Crippen LogP contribution in [0.4, 0.5) is 5.82 Å². The van der Waals surface area contributed by atoms with Crippen molar-refractivity contribution in [3.63, 3.8) is 0 Å². The molecular formula is C17H25BrN4O4Si. The van der Waals surface area contributed by atoms with Crippen LogP contribution in [0.5, 0.6) is 0 Å². The van der Waals surface area contributed by atoms with Crippen LogP contribution in [0.2, 0.25) is 18.1 Å². The first kappa shape index (κ1) is 20.2. The highest BCUT2D eigenvalue weighted by Crippen LogP contribution is 2.42. The van der Waals surface area contributed by atoms with Crippen molar-refractivity contribution in [2.45, 2.75) is 63.8 Å². The van der Waals surface area contributed by atoms with E-state index in [1.807, 2.05) is 0 Å². The summed E-state index contributed by atoms with van der Waals surface area (Å²) in [7, 11) is -2.15. The van der Waals surface area contributed by atoms with Gasteiger partial charge in [-0.2, -0.15) is 0 Å². The Morgan fingerprint density at radius 2 is 2.11 bits per heavy atom. The number of aliphatic carboxylic acids is 1. The molecule has 8 nitrogen and oxygen atoms in total. The normalized spacial score (nSPS) is 23.9. The molecule has 0 saturated carbocycles. The van der Waals surface area contributed by atoms with Crippen molar-refractivity contribution >= 4 is 47.1 Å². The summed E-state index contributed by atoms with van der Waals surface area (Å²) in [6, 6.07) is 0. The molecule has 0 spiro atoms. The van der Waals surface area contributed by atoms with Gasteiger partial charge in [0.1, 0.15) is 24.0 Å². The SMILES string of the molecule is CC(C)(C)[Si](C)(C)O[C@H]1C[C@H](n2cc(Br)c3c(N)ncnc32)O[C@@H]1C(=O)O. The molecule has 2 aromatic heterocycles. The smallest absolute Gasteiger partial charge is 0.335 e. The molecule has 27 heavy (non-hydrogen) atoms. The van der Waals surface area contributed by atoms with Crippen molar-refractivity contribution in [3.05, 3.63) is 17.0 Å². The number of hydrogen-bond acceptors (Lipinski definition) is 6. The van der Waals surface area contributed by atoms with Crippen molar-refractivity contribution in [2.24, 2.45) is 0 Å². The fraction of sp³-hybridized carbons (Fsp3) is 0.588. The Morgan fingerprint density at radius 1 is 1.44 bits per heavy atom. The van der Waals surface area contributed by atoms with Gasteiger partial charge in [-0.1, -0.05) is 20.8 Å². The van der Waals surface area contributed by atoms with Crippen LogP contribution in [0, 0.1) is 0 Å². The predicted octanol–water partition coefficient (Wildman–Crippen LogP) is 3.54. The zero-order valence-electron chi connectivity index (χ0n) is 16.1. The number of hydrogen-bond donors (Lipinski definition) is 2. The van der Waals surface area contributed by atoms with E-state index in [4.69, 9.17) is 14.9 Å². The van der Waals surface area contributed by atoms with Gasteiger partial charge in [0.2, 0.25) is 0 Å². The summed E-state index contributed by atoms with van der Waals surface area (Å²) < 4.78 is 14.8. The summed E-state index contributed by atoms with van der Waals surface area (Å²) in [4.78, 5) is 20.1. The topological polar surface area (TPSA) is 112 Å². The van der Waals surface area contributed by atoms with Gasteiger partial charge in [-0.3, -0.25) is 0 Å². The number of halogens is 1. The molecule has 1 fully saturated rings. The van der Waals surface area contributed by atoms with E-state index in [9.17, 15) is 9.90 Å². The van der Waals surface area contributed by atoms with E-state index in [0.717, 1.165) is 4.47 Å². The lowest BCUT2D eigenvalue weighted by Gasteiger charge is -2.38. The number of nitrogen functional groups attached to an aromatic ring is 1. The van der Waals surface area contributed by atoms with E-state index < -0.39 is 32.7 Å². The van der Waals surface area contributed by atoms with Gasteiger partial charge in [0.05, 0.1) is 11.5 Å². The Bertz CT molecular complexity index is 880. The van der Waals surface area contributed by atoms with Crippen molar-refractivity contribution in [1.29, 1.82) is 0 Å². The second-order valence-corrected chi connectivity index (χ2v) is 14.0. The third kappa shape index (κ3) is 3.63. The number of nitrogens with zero attached hydrogens (tertiary/aromatic N) is 3. The van der Waals surface area contributed by atoms with Crippen molar-refractivity contribution < 1.29 is 19.1 Å². The van der Waals surface area contributed by atoms with Crippen LogP contribution in [-0.2, 0) is 14.0 Å². The third-order valence-corrected chi connectivity index (χ3v) is 10.6. The Labute approximate surface area is 167 Å². The lowest BCUT2D eigenvalue weighted by atomic mass is 10.2. The van der Waals surface area contributed by atoms with E-state index in [2.05, 4.69) is 59.8 Å². The summed E-state index contributed by atoms with van der Waals surface area (Å²) in [6.45, 7) is 10.6. The first-order valence-corrected chi connectivity index (χ1v) is 12.4. The maximum Gasteiger partial charge on any atom is 0.335 e. The minimum atomic E-state index is -2.15. The third-order valence-electron chi connectivity index (χ3n) is 5.47. The van der Waals surface area contributed by atoms with Crippen LogP contribution in [0.3, 0.4) is 0 Å². The molecule has 148 valence electrons. The number of ether oxygens (including phenoxy) is 1. The van der Waals surface area contributed by atoms with Crippen LogP contribution in [0.1, 0.15) is 33.4 Å². The highest BCUT2D eigenvalue weighted by Gasteiger charge is 2.47. The monoisotopic (exact) mass is 456 g/mol. The highest BCUT2D eigenvalue weighted by atomic mass is 79.9. The predicted molar refractivity (Wildman–Crippen MR) is 108 cm³/mol. The lowest BCUT2D eigenvalue weighted by Crippen LogP contribution is -2.47. The molecule has 3 N–H and O–H groups in total. The van der Waals surface area contributed by atoms with E-state index in [1.165, 1.54) is 6.33 Å². The fourth-order valence-electron chi connectivity index (χ4n) is 2.98. The number of carboxylic acid groups (broad SMARTS) is 1. The molecule has 1 aliphatic rings. The second kappa shape index (κ2) is 6.84. The largest absolute Gasteiger partial charge is 0.479 e. The number of aromatic nitrogens is 3. The molecule has 0 amide bonds. The molecule has 1 saturated heterocycles. The lowest BCUT2D eigenvalue weighted by molar-refractivity contribution is -0.154. The Hall–Kier alpha value is -1.49. The van der Waals surface area contributed by atoms with Crippen LogP contribution in [-0.4, -0.2) is 46.1 Å². The van der Waals surface area contributed by atoms with E-state index >= 15 is 0 Å². The molecule has 0 bridgehead atoms. The first-order valence-electron chi connectivity index (χ1n) is 8.75. The Balaban J connectivity index is 1.94. The molecule has 1 aliphatic heterocycles. The molecule has 0 unspecified atom stereocenters.